The van der Waals surface area contributed by atoms with E-state index in [1.54, 1.807) is 24.3 Å². The van der Waals surface area contributed by atoms with Crippen molar-refractivity contribution in [3.8, 4) is 11.5 Å². The minimum absolute atomic E-state index is 0.285. The van der Waals surface area contributed by atoms with E-state index < -0.39 is 18.4 Å². The number of benzene rings is 2. The molecule has 8 heteroatoms. The molecule has 0 unspecified atom stereocenters. The van der Waals surface area contributed by atoms with Crippen LogP contribution in [0.3, 0.4) is 0 Å². The molecule has 0 saturated heterocycles. The summed E-state index contributed by atoms with van der Waals surface area (Å²) in [6.07, 6.45) is -5.32. The summed E-state index contributed by atoms with van der Waals surface area (Å²) in [6, 6.07) is 11.1. The molecular formula is C20H18F3NO4. The Morgan fingerprint density at radius 1 is 1.18 bits per heavy atom. The highest BCUT2D eigenvalue weighted by molar-refractivity contribution is 5.86. The third kappa shape index (κ3) is 4.57. The van der Waals surface area contributed by atoms with Gasteiger partial charge in [0.05, 0.1) is 0 Å². The molecule has 0 aliphatic rings. The van der Waals surface area contributed by atoms with E-state index >= 15 is 0 Å². The Balaban J connectivity index is 1.90. The first kappa shape index (κ1) is 19.6. The third-order valence-corrected chi connectivity index (χ3v) is 4.26. The average Bonchev–Trinajstić information content (AvgIpc) is 2.89. The van der Waals surface area contributed by atoms with Gasteiger partial charge in [0.25, 0.3) is 0 Å². The molecule has 5 nitrogen and oxygen atoms in total. The van der Waals surface area contributed by atoms with Crippen LogP contribution in [-0.4, -0.2) is 28.5 Å². The quantitative estimate of drug-likeness (QED) is 0.630. The Labute approximate surface area is 158 Å². The number of ether oxygens (including phenoxy) is 2. The summed E-state index contributed by atoms with van der Waals surface area (Å²) in [4.78, 5) is 14.1. The lowest BCUT2D eigenvalue weighted by Gasteiger charge is -2.12. The fraction of sp³-hybridized carbons (Fsp3) is 0.250. The van der Waals surface area contributed by atoms with Gasteiger partial charge in [-0.1, -0.05) is 12.1 Å². The van der Waals surface area contributed by atoms with E-state index in [4.69, 9.17) is 9.84 Å². The number of aromatic nitrogens is 1. The van der Waals surface area contributed by atoms with Crippen molar-refractivity contribution in [1.29, 1.82) is 0 Å². The molecule has 0 spiro atoms. The Bertz CT molecular complexity index is 1010. The van der Waals surface area contributed by atoms with Gasteiger partial charge in [0.15, 0.2) is 6.10 Å². The van der Waals surface area contributed by atoms with Crippen molar-refractivity contribution in [2.24, 2.45) is 0 Å². The first-order valence-electron chi connectivity index (χ1n) is 8.48. The van der Waals surface area contributed by atoms with Crippen LogP contribution in [-0.2, 0) is 11.2 Å². The van der Waals surface area contributed by atoms with Gasteiger partial charge in [-0.2, -0.15) is 0 Å². The van der Waals surface area contributed by atoms with Crippen molar-refractivity contribution in [2.45, 2.75) is 32.7 Å². The molecule has 0 radical (unpaired) electrons. The minimum atomic E-state index is -4.76. The lowest BCUT2D eigenvalue weighted by atomic mass is 10.0. The number of hydrogen-bond donors (Lipinski definition) is 2. The maximum absolute atomic E-state index is 12.5. The van der Waals surface area contributed by atoms with Crippen molar-refractivity contribution >= 4 is 16.9 Å². The van der Waals surface area contributed by atoms with Crippen molar-refractivity contribution in [2.75, 3.05) is 0 Å². The van der Waals surface area contributed by atoms with Gasteiger partial charge >= 0.3 is 12.3 Å². The maximum atomic E-state index is 12.5. The molecule has 0 bridgehead atoms. The molecule has 3 rings (SSSR count). The van der Waals surface area contributed by atoms with Crippen LogP contribution in [0, 0.1) is 6.92 Å². The molecule has 0 aliphatic heterocycles. The summed E-state index contributed by atoms with van der Waals surface area (Å²) >= 11 is 0. The number of carboxylic acids is 1. The van der Waals surface area contributed by atoms with Crippen LogP contribution in [0.1, 0.15) is 23.7 Å². The summed E-state index contributed by atoms with van der Waals surface area (Å²) < 4.78 is 46.9. The van der Waals surface area contributed by atoms with Crippen LogP contribution >= 0.6 is 0 Å². The number of H-pyrrole nitrogens is 1. The molecular weight excluding hydrogens is 375 g/mol. The number of fused-ring (bicyclic) bond motifs is 1. The highest BCUT2D eigenvalue weighted by Crippen LogP contribution is 2.31. The standard InChI is InChI=1S/C20H18F3NO4/c1-11-16(9-13-4-3-5-14(8-13)27-12(2)19(25)26)17-10-15(28-20(21,22)23)6-7-18(17)24-11/h3-8,10,12,24H,9H2,1-2H3,(H,25,26)/t12-/m0/s1. The average molecular weight is 393 g/mol. The van der Waals surface area contributed by atoms with Crippen molar-refractivity contribution in [3.63, 3.8) is 0 Å². The van der Waals surface area contributed by atoms with Gasteiger partial charge < -0.3 is 19.6 Å². The SMILES string of the molecule is Cc1[nH]c2ccc(OC(F)(F)F)cc2c1Cc1cccc(O[C@@H](C)C(=O)O)c1. The molecule has 28 heavy (non-hydrogen) atoms. The van der Waals surface area contributed by atoms with Gasteiger partial charge in [-0.05, 0) is 61.7 Å². The second-order valence-electron chi connectivity index (χ2n) is 6.41. The number of alkyl halides is 3. The summed E-state index contributed by atoms with van der Waals surface area (Å²) in [7, 11) is 0. The van der Waals surface area contributed by atoms with E-state index in [0.29, 0.717) is 23.1 Å². The summed E-state index contributed by atoms with van der Waals surface area (Å²) in [5.74, 6) is -0.950. The molecule has 1 atom stereocenters. The number of rotatable bonds is 6. The number of carbonyl (C=O) groups is 1. The van der Waals surface area contributed by atoms with Crippen LogP contribution in [0.15, 0.2) is 42.5 Å². The third-order valence-electron chi connectivity index (χ3n) is 4.26. The van der Waals surface area contributed by atoms with Gasteiger partial charge in [0.1, 0.15) is 11.5 Å². The fourth-order valence-electron chi connectivity index (χ4n) is 2.97. The zero-order chi connectivity index (χ0) is 20.5. The highest BCUT2D eigenvalue weighted by atomic mass is 19.4. The number of hydrogen-bond acceptors (Lipinski definition) is 3. The largest absolute Gasteiger partial charge is 0.573 e. The lowest BCUT2D eigenvalue weighted by molar-refractivity contribution is -0.274. The summed E-state index contributed by atoms with van der Waals surface area (Å²) in [6.45, 7) is 3.27. The topological polar surface area (TPSA) is 71.5 Å². The fourth-order valence-corrected chi connectivity index (χ4v) is 2.97. The van der Waals surface area contributed by atoms with E-state index in [1.165, 1.54) is 19.1 Å². The molecule has 148 valence electrons. The van der Waals surface area contributed by atoms with E-state index in [-0.39, 0.29) is 5.75 Å². The van der Waals surface area contributed by atoms with E-state index in [2.05, 4.69) is 9.72 Å². The zero-order valence-electron chi connectivity index (χ0n) is 15.1. The molecule has 0 fully saturated rings. The van der Waals surface area contributed by atoms with Crippen LogP contribution in [0.5, 0.6) is 11.5 Å². The van der Waals surface area contributed by atoms with Gasteiger partial charge in [0.2, 0.25) is 0 Å². The zero-order valence-corrected chi connectivity index (χ0v) is 15.1. The molecule has 1 aromatic heterocycles. The lowest BCUT2D eigenvalue weighted by Crippen LogP contribution is -2.22. The number of halogens is 3. The first-order valence-corrected chi connectivity index (χ1v) is 8.48. The minimum Gasteiger partial charge on any atom is -0.479 e. The van der Waals surface area contributed by atoms with E-state index in [9.17, 15) is 18.0 Å². The predicted octanol–water partition coefficient (Wildman–Crippen LogP) is 4.82. The molecule has 3 aromatic rings. The Morgan fingerprint density at radius 3 is 2.61 bits per heavy atom. The Kier molecular flexibility index (Phi) is 5.22. The summed E-state index contributed by atoms with van der Waals surface area (Å²) in [5, 5.41) is 9.59. The molecule has 0 saturated carbocycles. The predicted molar refractivity (Wildman–Crippen MR) is 96.7 cm³/mol. The molecule has 2 aromatic carbocycles. The van der Waals surface area contributed by atoms with Crippen molar-refractivity contribution in [3.05, 3.63) is 59.3 Å². The van der Waals surface area contributed by atoms with E-state index in [0.717, 1.165) is 16.8 Å². The number of nitrogens with one attached hydrogen (secondary N) is 1. The van der Waals surface area contributed by atoms with Crippen molar-refractivity contribution < 1.29 is 32.5 Å². The van der Waals surface area contributed by atoms with Crippen LogP contribution < -0.4 is 9.47 Å². The first-order chi connectivity index (χ1) is 13.1. The molecule has 1 heterocycles. The maximum Gasteiger partial charge on any atom is 0.573 e. The molecule has 2 N–H and O–H groups in total. The molecule has 0 amide bonds. The normalized spacial score (nSPS) is 12.8. The number of carboxylic acid groups (broad SMARTS) is 1. The number of aliphatic carboxylic acids is 1. The molecule has 0 aliphatic carbocycles. The number of aromatic amines is 1. The second-order valence-corrected chi connectivity index (χ2v) is 6.41. The Hall–Kier alpha value is -3.16. The highest BCUT2D eigenvalue weighted by Gasteiger charge is 2.31. The van der Waals surface area contributed by atoms with Gasteiger partial charge in [-0.25, -0.2) is 4.79 Å². The van der Waals surface area contributed by atoms with Crippen LogP contribution in [0.4, 0.5) is 13.2 Å². The van der Waals surface area contributed by atoms with Gasteiger partial charge in [-0.3, -0.25) is 0 Å². The van der Waals surface area contributed by atoms with Gasteiger partial charge in [-0.15, -0.1) is 13.2 Å². The monoisotopic (exact) mass is 393 g/mol. The summed E-state index contributed by atoms with van der Waals surface area (Å²) in [5.41, 5.74) is 3.19. The smallest absolute Gasteiger partial charge is 0.479 e. The van der Waals surface area contributed by atoms with Gasteiger partial charge in [0, 0.05) is 16.6 Å². The van der Waals surface area contributed by atoms with Crippen LogP contribution in [0.2, 0.25) is 0 Å². The van der Waals surface area contributed by atoms with Crippen LogP contribution in [0.25, 0.3) is 10.9 Å². The van der Waals surface area contributed by atoms with E-state index in [1.807, 2.05) is 13.0 Å². The second kappa shape index (κ2) is 7.46. The Morgan fingerprint density at radius 2 is 1.93 bits per heavy atom. The number of aryl methyl sites for hydroxylation is 1. The van der Waals surface area contributed by atoms with Crippen molar-refractivity contribution in [1.82, 2.24) is 4.98 Å².